The first-order chi connectivity index (χ1) is 8.56. The molecule has 0 radical (unpaired) electrons. The van der Waals surface area contributed by atoms with Crippen molar-refractivity contribution in [1.29, 1.82) is 0 Å². The van der Waals surface area contributed by atoms with Gasteiger partial charge >= 0.3 is 0 Å². The van der Waals surface area contributed by atoms with Crippen molar-refractivity contribution in [2.75, 3.05) is 0 Å². The maximum atomic E-state index is 2.75. The fourth-order valence-corrected chi connectivity index (χ4v) is 5.88. The molecule has 0 saturated heterocycles. The van der Waals surface area contributed by atoms with E-state index in [1.54, 1.807) is 0 Å². The number of halogens is 1. The number of hydrogen-bond donors (Lipinski definition) is 0. The quantitative estimate of drug-likeness (QED) is 0.363. The second-order valence-corrected chi connectivity index (χ2v) is 10.7. The van der Waals surface area contributed by atoms with Crippen LogP contribution in [0.1, 0.15) is 80.1 Å². The van der Waals surface area contributed by atoms with Gasteiger partial charge in [0.05, 0.1) is 0 Å². The first-order valence-electron chi connectivity index (χ1n) is 8.20. The summed E-state index contributed by atoms with van der Waals surface area (Å²) in [5.74, 6) is 1.91. The molecule has 1 heteroatoms. The van der Waals surface area contributed by atoms with Crippen LogP contribution in [0.5, 0.6) is 0 Å². The van der Waals surface area contributed by atoms with Crippen molar-refractivity contribution in [3.05, 3.63) is 0 Å². The van der Waals surface area contributed by atoms with Gasteiger partial charge < -0.3 is 0 Å². The Morgan fingerprint density at radius 1 is 1.05 bits per heavy atom. The monoisotopic (exact) mass is 376 g/mol. The molecule has 19 heavy (non-hydrogen) atoms. The molecule has 0 aliphatic heterocycles. The highest BCUT2D eigenvalue weighted by Crippen LogP contribution is 2.60. The van der Waals surface area contributed by atoms with Crippen molar-refractivity contribution in [2.45, 2.75) is 84.0 Å². The van der Waals surface area contributed by atoms with E-state index in [0.29, 0.717) is 16.2 Å². The number of fused-ring (bicyclic) bond motifs is 1. The van der Waals surface area contributed by atoms with Crippen molar-refractivity contribution < 1.29 is 0 Å². The summed E-state index contributed by atoms with van der Waals surface area (Å²) in [6.07, 6.45) is 8.80. The van der Waals surface area contributed by atoms with Crippen LogP contribution < -0.4 is 0 Å². The van der Waals surface area contributed by atoms with E-state index in [2.05, 4.69) is 64.1 Å². The third-order valence-electron chi connectivity index (χ3n) is 6.15. The number of rotatable bonds is 1. The van der Waals surface area contributed by atoms with E-state index in [4.69, 9.17) is 0 Å². The second-order valence-electron chi connectivity index (χ2n) is 9.36. The smallest absolute Gasteiger partial charge is 0.0187 e. The third-order valence-corrected chi connectivity index (χ3v) is 9.03. The van der Waals surface area contributed by atoms with Crippen LogP contribution in [0.15, 0.2) is 0 Å². The van der Waals surface area contributed by atoms with Crippen molar-refractivity contribution >= 4 is 22.6 Å². The molecule has 0 heterocycles. The largest absolute Gasteiger partial charge is 0.0817 e. The minimum atomic E-state index is 0.457. The van der Waals surface area contributed by atoms with E-state index >= 15 is 0 Å². The summed E-state index contributed by atoms with van der Waals surface area (Å²) < 4.78 is 0.827. The molecule has 0 amide bonds. The Kier molecular flexibility index (Phi) is 4.39. The van der Waals surface area contributed by atoms with Crippen molar-refractivity contribution in [3.63, 3.8) is 0 Å². The lowest BCUT2D eigenvalue weighted by Gasteiger charge is -2.56. The Morgan fingerprint density at radius 2 is 1.68 bits per heavy atom. The fraction of sp³-hybridized carbons (Fsp3) is 1.00. The molecule has 2 fully saturated rings. The van der Waals surface area contributed by atoms with Gasteiger partial charge in [-0.15, -0.1) is 0 Å². The molecule has 2 aliphatic carbocycles. The summed E-state index contributed by atoms with van der Waals surface area (Å²) in [4.78, 5) is 0. The SMILES string of the molecule is CC(C)(C)C(I)C1CCC2C(C)(C)CCCC2(C)C1. The molecule has 0 nitrogen and oxygen atoms in total. The molecule has 2 aliphatic rings. The average molecular weight is 376 g/mol. The lowest BCUT2D eigenvalue weighted by Crippen LogP contribution is -2.48. The van der Waals surface area contributed by atoms with Gasteiger partial charge in [-0.1, -0.05) is 70.6 Å². The topological polar surface area (TPSA) is 0 Å². The van der Waals surface area contributed by atoms with Crippen LogP contribution in [0.4, 0.5) is 0 Å². The van der Waals surface area contributed by atoms with Crippen LogP contribution in [-0.2, 0) is 0 Å². The van der Waals surface area contributed by atoms with Crippen molar-refractivity contribution in [3.8, 4) is 0 Å². The molecule has 0 aromatic heterocycles. The van der Waals surface area contributed by atoms with Crippen LogP contribution in [0.25, 0.3) is 0 Å². The zero-order valence-electron chi connectivity index (χ0n) is 13.9. The maximum absolute atomic E-state index is 2.75. The predicted octanol–water partition coefficient (Wildman–Crippen LogP) is 6.47. The molecule has 0 bridgehead atoms. The van der Waals surface area contributed by atoms with Gasteiger partial charge in [0.25, 0.3) is 0 Å². The molecule has 0 spiro atoms. The second kappa shape index (κ2) is 5.18. The minimum absolute atomic E-state index is 0.457. The van der Waals surface area contributed by atoms with Gasteiger partial charge in [0, 0.05) is 3.92 Å². The predicted molar refractivity (Wildman–Crippen MR) is 93.8 cm³/mol. The molecular formula is C18H33I. The Labute approximate surface area is 134 Å². The molecule has 112 valence electrons. The molecule has 0 N–H and O–H groups in total. The van der Waals surface area contributed by atoms with Gasteiger partial charge in [-0.2, -0.15) is 0 Å². The lowest BCUT2D eigenvalue weighted by atomic mass is 9.49. The first-order valence-corrected chi connectivity index (χ1v) is 9.45. The average Bonchev–Trinajstić information content (AvgIpc) is 2.24. The van der Waals surface area contributed by atoms with Gasteiger partial charge in [0.1, 0.15) is 0 Å². The lowest BCUT2D eigenvalue weighted by molar-refractivity contribution is -0.0525. The number of alkyl halides is 1. The van der Waals surface area contributed by atoms with E-state index in [0.717, 1.165) is 15.8 Å². The summed E-state index contributed by atoms with van der Waals surface area (Å²) in [6, 6.07) is 0. The van der Waals surface area contributed by atoms with E-state index in [1.807, 2.05) is 0 Å². The summed E-state index contributed by atoms with van der Waals surface area (Å²) in [5, 5.41) is 0. The molecule has 2 rings (SSSR count). The maximum Gasteiger partial charge on any atom is 0.0187 e. The highest BCUT2D eigenvalue weighted by molar-refractivity contribution is 14.1. The van der Waals surface area contributed by atoms with Crippen molar-refractivity contribution in [1.82, 2.24) is 0 Å². The van der Waals surface area contributed by atoms with Crippen LogP contribution in [0, 0.1) is 28.1 Å². The zero-order chi connectivity index (χ0) is 14.5. The zero-order valence-corrected chi connectivity index (χ0v) is 16.0. The summed E-state index contributed by atoms with van der Waals surface area (Å²) >= 11 is 2.75. The molecule has 4 unspecified atom stereocenters. The standard InChI is InChI=1S/C18H33I/c1-16(2,3)15(19)13-8-9-14-17(4,5)10-7-11-18(14,6)12-13/h13-15H,7-12H2,1-6H3. The van der Waals surface area contributed by atoms with Crippen molar-refractivity contribution in [2.24, 2.45) is 28.1 Å². The van der Waals surface area contributed by atoms with E-state index in [1.165, 1.54) is 38.5 Å². The fourth-order valence-electron chi connectivity index (χ4n) is 5.26. The van der Waals surface area contributed by atoms with Gasteiger partial charge in [-0.25, -0.2) is 0 Å². The highest BCUT2D eigenvalue weighted by Gasteiger charge is 2.50. The van der Waals surface area contributed by atoms with Gasteiger partial charge in [-0.3, -0.25) is 0 Å². The van der Waals surface area contributed by atoms with Crippen LogP contribution in [-0.4, -0.2) is 3.92 Å². The van der Waals surface area contributed by atoms with Crippen LogP contribution in [0.2, 0.25) is 0 Å². The molecule has 0 aromatic rings. The Hall–Kier alpha value is 0.730. The van der Waals surface area contributed by atoms with E-state index in [9.17, 15) is 0 Å². The number of hydrogen-bond acceptors (Lipinski definition) is 0. The molecule has 2 saturated carbocycles. The summed E-state index contributed by atoms with van der Waals surface area (Å²) in [5.41, 5.74) is 1.67. The van der Waals surface area contributed by atoms with Crippen LogP contribution in [0.3, 0.4) is 0 Å². The van der Waals surface area contributed by atoms with E-state index < -0.39 is 0 Å². The van der Waals surface area contributed by atoms with Gasteiger partial charge in [0.2, 0.25) is 0 Å². The van der Waals surface area contributed by atoms with Gasteiger partial charge in [0.15, 0.2) is 0 Å². The van der Waals surface area contributed by atoms with Gasteiger partial charge in [-0.05, 0) is 60.2 Å². The highest BCUT2D eigenvalue weighted by atomic mass is 127. The third kappa shape index (κ3) is 3.16. The Bertz CT molecular complexity index is 325. The molecule has 4 atom stereocenters. The van der Waals surface area contributed by atoms with E-state index in [-0.39, 0.29) is 0 Å². The normalized spacial score (nSPS) is 40.6. The first kappa shape index (κ1) is 16.1. The Balaban J connectivity index is 2.14. The summed E-state index contributed by atoms with van der Waals surface area (Å²) in [6.45, 7) is 14.9. The minimum Gasteiger partial charge on any atom is -0.0817 e. The molecule has 0 aromatic carbocycles. The molecular weight excluding hydrogens is 343 g/mol. The summed E-state index contributed by atoms with van der Waals surface area (Å²) in [7, 11) is 0. The van der Waals surface area contributed by atoms with Crippen LogP contribution >= 0.6 is 22.6 Å². The Morgan fingerprint density at radius 3 is 2.26 bits per heavy atom.